The Kier molecular flexibility index (Phi) is 6.85. The summed E-state index contributed by atoms with van der Waals surface area (Å²) >= 11 is 0. The van der Waals surface area contributed by atoms with Gasteiger partial charge in [0.05, 0.1) is 24.6 Å². The number of amides is 1. The average molecular weight is 389 g/mol. The third-order valence-electron chi connectivity index (χ3n) is 4.70. The molecule has 1 aromatic heterocycles. The number of methoxy groups -OCH3 is 1. The molecule has 0 saturated carbocycles. The lowest BCUT2D eigenvalue weighted by Gasteiger charge is -2.10. The van der Waals surface area contributed by atoms with Crippen molar-refractivity contribution in [3.63, 3.8) is 0 Å². The van der Waals surface area contributed by atoms with Crippen LogP contribution in [-0.4, -0.2) is 24.5 Å². The number of pyridine rings is 1. The molecule has 3 rings (SSSR count). The quantitative estimate of drug-likeness (QED) is 0.573. The number of carbonyl (C=O) groups excluding carboxylic acids is 1. The topological polar surface area (TPSA) is 63.2 Å². The van der Waals surface area contributed by atoms with Gasteiger partial charge in [0.15, 0.2) is 0 Å². The van der Waals surface area contributed by atoms with Crippen molar-refractivity contribution in [3.8, 4) is 5.75 Å². The maximum Gasteiger partial charge on any atom is 0.252 e. The Bertz CT molecular complexity index is 952. The molecule has 0 unspecified atom stereocenters. The van der Waals surface area contributed by atoms with Crippen molar-refractivity contribution >= 4 is 17.3 Å². The van der Waals surface area contributed by atoms with Crippen LogP contribution < -0.4 is 15.4 Å². The van der Waals surface area contributed by atoms with Crippen molar-refractivity contribution in [1.29, 1.82) is 0 Å². The van der Waals surface area contributed by atoms with Gasteiger partial charge in [-0.3, -0.25) is 9.78 Å². The van der Waals surface area contributed by atoms with E-state index in [0.29, 0.717) is 18.0 Å². The van der Waals surface area contributed by atoms with Crippen LogP contribution in [0.2, 0.25) is 0 Å². The minimum atomic E-state index is -0.140. The third kappa shape index (κ3) is 5.82. The molecule has 1 amide bonds. The van der Waals surface area contributed by atoms with E-state index in [2.05, 4.69) is 41.6 Å². The third-order valence-corrected chi connectivity index (χ3v) is 4.70. The zero-order chi connectivity index (χ0) is 20.6. The van der Waals surface area contributed by atoms with Crippen molar-refractivity contribution in [2.75, 3.05) is 19.0 Å². The molecule has 1 heterocycles. The number of nitrogens with one attached hydrogen (secondary N) is 2. The van der Waals surface area contributed by atoms with Crippen molar-refractivity contribution in [2.24, 2.45) is 0 Å². The number of anilines is 2. The molecule has 0 atom stereocenters. The van der Waals surface area contributed by atoms with Crippen LogP contribution in [0.4, 0.5) is 11.4 Å². The second-order valence-electron chi connectivity index (χ2n) is 7.22. The first-order valence-corrected chi connectivity index (χ1v) is 9.78. The second-order valence-corrected chi connectivity index (χ2v) is 7.22. The highest BCUT2D eigenvalue weighted by molar-refractivity contribution is 5.94. The Morgan fingerprint density at radius 3 is 2.55 bits per heavy atom. The van der Waals surface area contributed by atoms with Gasteiger partial charge in [-0.2, -0.15) is 0 Å². The summed E-state index contributed by atoms with van der Waals surface area (Å²) in [5.41, 5.74) is 4.68. The maximum atomic E-state index is 12.5. The number of carbonyl (C=O) groups is 1. The van der Waals surface area contributed by atoms with Gasteiger partial charge in [-0.25, -0.2) is 0 Å². The van der Waals surface area contributed by atoms with Crippen molar-refractivity contribution in [3.05, 3.63) is 83.7 Å². The van der Waals surface area contributed by atoms with E-state index < -0.39 is 0 Å². The fraction of sp³-hybridized carbons (Fsp3) is 0.250. The highest BCUT2D eigenvalue weighted by atomic mass is 16.5. The Labute approximate surface area is 172 Å². The monoisotopic (exact) mass is 389 g/mol. The molecule has 29 heavy (non-hydrogen) atoms. The summed E-state index contributed by atoms with van der Waals surface area (Å²) in [5, 5.41) is 6.25. The summed E-state index contributed by atoms with van der Waals surface area (Å²) in [6.45, 7) is 4.88. The number of hydrogen-bond donors (Lipinski definition) is 2. The van der Waals surface area contributed by atoms with Crippen LogP contribution in [0.1, 0.15) is 41.3 Å². The van der Waals surface area contributed by atoms with Crippen LogP contribution in [-0.2, 0) is 6.42 Å². The molecular weight excluding hydrogens is 362 g/mol. The first kappa shape index (κ1) is 20.4. The van der Waals surface area contributed by atoms with Crippen LogP contribution >= 0.6 is 0 Å². The summed E-state index contributed by atoms with van der Waals surface area (Å²) in [6, 6.07) is 17.9. The molecule has 5 heteroatoms. The lowest BCUT2D eigenvalue weighted by Crippen LogP contribution is -2.25. The molecule has 0 saturated heterocycles. The largest absolute Gasteiger partial charge is 0.497 e. The number of nitrogens with zero attached hydrogens (tertiary/aromatic N) is 1. The van der Waals surface area contributed by atoms with Crippen molar-refractivity contribution in [2.45, 2.75) is 26.2 Å². The van der Waals surface area contributed by atoms with E-state index in [-0.39, 0.29) is 5.91 Å². The SMILES string of the molecule is COc1cccc(CCNC(=O)c2cncc(Nc3ccc(C(C)C)cc3)c2)c1. The van der Waals surface area contributed by atoms with Gasteiger partial charge in [0.2, 0.25) is 0 Å². The maximum absolute atomic E-state index is 12.5. The second kappa shape index (κ2) is 9.73. The Balaban J connectivity index is 1.57. The van der Waals surface area contributed by atoms with Gasteiger partial charge in [0.25, 0.3) is 5.91 Å². The van der Waals surface area contributed by atoms with E-state index in [4.69, 9.17) is 4.74 Å². The molecular formula is C24H27N3O2. The van der Waals surface area contributed by atoms with Gasteiger partial charge in [-0.1, -0.05) is 38.1 Å². The van der Waals surface area contributed by atoms with Crippen LogP contribution in [0.5, 0.6) is 5.75 Å². The highest BCUT2D eigenvalue weighted by Crippen LogP contribution is 2.20. The molecule has 0 spiro atoms. The standard InChI is InChI=1S/C24H27N3O2/c1-17(2)19-7-9-21(10-8-19)27-22-14-20(15-25-16-22)24(28)26-12-11-18-5-4-6-23(13-18)29-3/h4-10,13-17,27H,11-12H2,1-3H3,(H,26,28). The zero-order valence-corrected chi connectivity index (χ0v) is 17.1. The van der Waals surface area contributed by atoms with Gasteiger partial charge in [0.1, 0.15) is 5.75 Å². The number of hydrogen-bond acceptors (Lipinski definition) is 4. The lowest BCUT2D eigenvalue weighted by molar-refractivity contribution is 0.0954. The van der Waals surface area contributed by atoms with E-state index in [1.165, 1.54) is 5.56 Å². The van der Waals surface area contributed by atoms with Crippen LogP contribution in [0.3, 0.4) is 0 Å². The number of ether oxygens (including phenoxy) is 1. The van der Waals surface area contributed by atoms with Crippen LogP contribution in [0.25, 0.3) is 0 Å². The zero-order valence-electron chi connectivity index (χ0n) is 17.1. The Hall–Kier alpha value is -3.34. The predicted molar refractivity (Wildman–Crippen MR) is 117 cm³/mol. The molecule has 0 radical (unpaired) electrons. The summed E-state index contributed by atoms with van der Waals surface area (Å²) in [4.78, 5) is 16.7. The molecule has 0 aliphatic carbocycles. The fourth-order valence-electron chi connectivity index (χ4n) is 3.00. The summed E-state index contributed by atoms with van der Waals surface area (Å²) in [7, 11) is 1.65. The lowest BCUT2D eigenvalue weighted by atomic mass is 10.0. The molecule has 150 valence electrons. The normalized spacial score (nSPS) is 10.6. The number of benzene rings is 2. The summed E-state index contributed by atoms with van der Waals surface area (Å²) in [6.07, 6.45) is 4.02. The highest BCUT2D eigenvalue weighted by Gasteiger charge is 2.07. The molecule has 0 aliphatic rings. The predicted octanol–water partition coefficient (Wildman–Crippen LogP) is 4.93. The molecule has 0 aliphatic heterocycles. The van der Waals surface area contributed by atoms with E-state index >= 15 is 0 Å². The summed E-state index contributed by atoms with van der Waals surface area (Å²) in [5.74, 6) is 1.17. The smallest absolute Gasteiger partial charge is 0.252 e. The number of aromatic nitrogens is 1. The van der Waals surface area contributed by atoms with Crippen molar-refractivity contribution < 1.29 is 9.53 Å². The van der Waals surface area contributed by atoms with E-state index in [0.717, 1.165) is 29.1 Å². The van der Waals surface area contributed by atoms with Gasteiger partial charge in [-0.05, 0) is 53.8 Å². The van der Waals surface area contributed by atoms with Crippen LogP contribution in [0, 0.1) is 0 Å². The van der Waals surface area contributed by atoms with Gasteiger partial charge in [0, 0.05) is 18.4 Å². The minimum Gasteiger partial charge on any atom is -0.497 e. The number of rotatable bonds is 8. The Morgan fingerprint density at radius 2 is 1.83 bits per heavy atom. The molecule has 5 nitrogen and oxygen atoms in total. The fourth-order valence-corrected chi connectivity index (χ4v) is 3.00. The first-order chi connectivity index (χ1) is 14.0. The van der Waals surface area contributed by atoms with Gasteiger partial charge in [-0.15, -0.1) is 0 Å². The van der Waals surface area contributed by atoms with Crippen LogP contribution in [0.15, 0.2) is 67.0 Å². The Morgan fingerprint density at radius 1 is 1.03 bits per heavy atom. The van der Waals surface area contributed by atoms with E-state index in [1.807, 2.05) is 42.5 Å². The van der Waals surface area contributed by atoms with E-state index in [9.17, 15) is 4.79 Å². The van der Waals surface area contributed by atoms with Crippen molar-refractivity contribution in [1.82, 2.24) is 10.3 Å². The molecule has 2 aromatic carbocycles. The van der Waals surface area contributed by atoms with E-state index in [1.54, 1.807) is 19.5 Å². The minimum absolute atomic E-state index is 0.140. The first-order valence-electron chi connectivity index (χ1n) is 9.78. The summed E-state index contributed by atoms with van der Waals surface area (Å²) < 4.78 is 5.23. The molecule has 0 fully saturated rings. The average Bonchev–Trinajstić information content (AvgIpc) is 2.74. The van der Waals surface area contributed by atoms with Gasteiger partial charge >= 0.3 is 0 Å². The molecule has 0 bridgehead atoms. The van der Waals surface area contributed by atoms with Gasteiger partial charge < -0.3 is 15.4 Å². The molecule has 2 N–H and O–H groups in total. The molecule has 3 aromatic rings.